The van der Waals surface area contributed by atoms with Gasteiger partial charge in [0.1, 0.15) is 0 Å². The molecule has 0 saturated carbocycles. The molecule has 0 atom stereocenters. The number of aromatic nitrogens is 1. The van der Waals surface area contributed by atoms with E-state index < -0.39 is 0 Å². The summed E-state index contributed by atoms with van der Waals surface area (Å²) < 4.78 is 0. The Kier molecular flexibility index (Phi) is 13.1. The molecule has 1 rings (SSSR count). The number of nitrogens with zero attached hydrogens (tertiary/aromatic N) is 1. The van der Waals surface area contributed by atoms with Crippen LogP contribution in [0.2, 0.25) is 0 Å². The lowest BCUT2D eigenvalue weighted by atomic mass is 10.5. The highest BCUT2D eigenvalue weighted by Gasteiger charge is 1.83. The number of hydrogen-bond donors (Lipinski definition) is 4. The molecule has 1 aromatic heterocycles. The van der Waals surface area contributed by atoms with Gasteiger partial charge < -0.3 is 22.1 Å². The van der Waals surface area contributed by atoms with Crippen molar-refractivity contribution in [2.45, 2.75) is 0 Å². The third-order valence-electron chi connectivity index (χ3n) is 1.69. The average molecular weight is 225 g/mol. The number of nitrogens with two attached hydrogens (primary N) is 2. The van der Waals surface area contributed by atoms with E-state index in [4.69, 9.17) is 11.5 Å². The molecule has 0 amide bonds. The van der Waals surface area contributed by atoms with E-state index in [0.717, 1.165) is 26.2 Å². The summed E-state index contributed by atoms with van der Waals surface area (Å²) in [6.07, 6.45) is 3.50. The zero-order valence-corrected chi connectivity index (χ0v) is 9.73. The molecule has 0 unspecified atom stereocenters. The predicted octanol–water partition coefficient (Wildman–Crippen LogP) is -0.835. The lowest BCUT2D eigenvalue weighted by molar-refractivity contribution is 0.618. The molecule has 5 nitrogen and oxygen atoms in total. The molecule has 0 aliphatic heterocycles. The monoisotopic (exact) mass is 225 g/mol. The lowest BCUT2D eigenvalue weighted by Crippen LogP contribution is -2.32. The van der Waals surface area contributed by atoms with Crippen LogP contribution in [0.5, 0.6) is 0 Å². The molecule has 16 heavy (non-hydrogen) atoms. The highest BCUT2D eigenvalue weighted by molar-refractivity contribution is 4.88. The van der Waals surface area contributed by atoms with Gasteiger partial charge in [-0.2, -0.15) is 0 Å². The van der Waals surface area contributed by atoms with Crippen LogP contribution in [0.15, 0.2) is 30.6 Å². The Morgan fingerprint density at radius 1 is 0.750 bits per heavy atom. The van der Waals surface area contributed by atoms with Crippen LogP contribution >= 0.6 is 0 Å². The molecule has 0 spiro atoms. The van der Waals surface area contributed by atoms with Crippen molar-refractivity contribution in [1.29, 1.82) is 0 Å². The van der Waals surface area contributed by atoms with E-state index in [9.17, 15) is 0 Å². The van der Waals surface area contributed by atoms with Gasteiger partial charge in [0.05, 0.1) is 0 Å². The van der Waals surface area contributed by atoms with Gasteiger partial charge in [-0.15, -0.1) is 0 Å². The number of rotatable bonds is 7. The minimum absolute atomic E-state index is 0.705. The van der Waals surface area contributed by atoms with E-state index in [-0.39, 0.29) is 0 Å². The SMILES string of the molecule is NCCNCCNCCN.c1ccncc1. The third kappa shape index (κ3) is 13.0. The maximum Gasteiger partial charge on any atom is 0.0267 e. The van der Waals surface area contributed by atoms with E-state index >= 15 is 0 Å². The van der Waals surface area contributed by atoms with Gasteiger partial charge in [-0.25, -0.2) is 0 Å². The van der Waals surface area contributed by atoms with Crippen LogP contribution < -0.4 is 22.1 Å². The summed E-state index contributed by atoms with van der Waals surface area (Å²) >= 11 is 0. The van der Waals surface area contributed by atoms with Gasteiger partial charge in [-0.1, -0.05) is 6.07 Å². The molecule has 0 radical (unpaired) electrons. The Balaban J connectivity index is 0.000000315. The molecule has 1 heterocycles. The molecule has 0 saturated heterocycles. The van der Waals surface area contributed by atoms with Crippen LogP contribution in [0.3, 0.4) is 0 Å². The quantitative estimate of drug-likeness (QED) is 0.455. The zero-order chi connectivity index (χ0) is 11.9. The van der Waals surface area contributed by atoms with Crippen molar-refractivity contribution in [2.75, 3.05) is 39.3 Å². The first-order valence-electron chi connectivity index (χ1n) is 5.58. The summed E-state index contributed by atoms with van der Waals surface area (Å²) in [4.78, 5) is 3.78. The van der Waals surface area contributed by atoms with Crippen LogP contribution in [0.1, 0.15) is 0 Å². The summed E-state index contributed by atoms with van der Waals surface area (Å²) in [5, 5.41) is 6.33. The van der Waals surface area contributed by atoms with Crippen molar-refractivity contribution >= 4 is 0 Å². The molecule has 92 valence electrons. The predicted molar refractivity (Wildman–Crippen MR) is 68.1 cm³/mol. The van der Waals surface area contributed by atoms with Gasteiger partial charge in [-0.05, 0) is 12.1 Å². The molecule has 0 bridgehead atoms. The molecular weight excluding hydrogens is 202 g/mol. The second-order valence-corrected chi connectivity index (χ2v) is 3.10. The fourth-order valence-electron chi connectivity index (χ4n) is 0.944. The Morgan fingerprint density at radius 3 is 1.50 bits per heavy atom. The Bertz CT molecular complexity index is 170. The minimum Gasteiger partial charge on any atom is -0.329 e. The van der Waals surface area contributed by atoms with Gasteiger partial charge in [-0.3, -0.25) is 4.98 Å². The zero-order valence-electron chi connectivity index (χ0n) is 9.73. The first-order valence-corrected chi connectivity index (χ1v) is 5.58. The standard InChI is InChI=1S/C6H18N4.C5H5N/c7-1-3-9-5-6-10-4-2-8;1-2-4-6-5-3-1/h9-10H,1-8H2;1-5H. The van der Waals surface area contributed by atoms with E-state index in [0.29, 0.717) is 13.1 Å². The molecule has 0 aromatic carbocycles. The summed E-state index contributed by atoms with van der Waals surface area (Å²) in [7, 11) is 0. The van der Waals surface area contributed by atoms with Gasteiger partial charge in [0.2, 0.25) is 0 Å². The van der Waals surface area contributed by atoms with Crippen molar-refractivity contribution in [3.05, 3.63) is 30.6 Å². The second-order valence-electron chi connectivity index (χ2n) is 3.10. The highest BCUT2D eigenvalue weighted by atomic mass is 14.9. The largest absolute Gasteiger partial charge is 0.329 e. The van der Waals surface area contributed by atoms with Gasteiger partial charge in [0.25, 0.3) is 0 Å². The third-order valence-corrected chi connectivity index (χ3v) is 1.69. The van der Waals surface area contributed by atoms with Crippen molar-refractivity contribution in [3.63, 3.8) is 0 Å². The van der Waals surface area contributed by atoms with Crippen molar-refractivity contribution in [2.24, 2.45) is 11.5 Å². The Hall–Kier alpha value is -1.01. The molecule has 0 fully saturated rings. The first kappa shape index (κ1) is 15.0. The average Bonchev–Trinajstić information content (AvgIpc) is 2.37. The van der Waals surface area contributed by atoms with E-state index in [2.05, 4.69) is 15.6 Å². The summed E-state index contributed by atoms with van der Waals surface area (Å²) in [6, 6.07) is 5.72. The topological polar surface area (TPSA) is 89.0 Å². The van der Waals surface area contributed by atoms with Gasteiger partial charge in [0.15, 0.2) is 0 Å². The van der Waals surface area contributed by atoms with Crippen molar-refractivity contribution < 1.29 is 0 Å². The first-order chi connectivity index (χ1) is 7.91. The number of pyridine rings is 1. The summed E-state index contributed by atoms with van der Waals surface area (Å²) in [5.74, 6) is 0. The Labute approximate surface area is 97.6 Å². The van der Waals surface area contributed by atoms with Crippen molar-refractivity contribution in [1.82, 2.24) is 15.6 Å². The lowest BCUT2D eigenvalue weighted by Gasteiger charge is -2.03. The Morgan fingerprint density at radius 2 is 1.25 bits per heavy atom. The second kappa shape index (κ2) is 14.0. The molecule has 5 heteroatoms. The van der Waals surface area contributed by atoms with Gasteiger partial charge >= 0.3 is 0 Å². The molecular formula is C11H23N5. The highest BCUT2D eigenvalue weighted by Crippen LogP contribution is 1.73. The summed E-state index contributed by atoms with van der Waals surface area (Å²) in [6.45, 7) is 5.14. The van der Waals surface area contributed by atoms with Crippen molar-refractivity contribution in [3.8, 4) is 0 Å². The van der Waals surface area contributed by atoms with E-state index in [1.807, 2.05) is 18.2 Å². The van der Waals surface area contributed by atoms with Crippen LogP contribution in [-0.4, -0.2) is 44.3 Å². The van der Waals surface area contributed by atoms with Crippen LogP contribution in [0.25, 0.3) is 0 Å². The fourth-order valence-corrected chi connectivity index (χ4v) is 0.944. The minimum atomic E-state index is 0.705. The molecule has 1 aromatic rings. The van der Waals surface area contributed by atoms with Gasteiger partial charge in [0, 0.05) is 51.7 Å². The fraction of sp³-hybridized carbons (Fsp3) is 0.545. The maximum atomic E-state index is 5.27. The normalized spacial score (nSPS) is 9.38. The molecule has 0 aliphatic carbocycles. The molecule has 6 N–H and O–H groups in total. The smallest absolute Gasteiger partial charge is 0.0267 e. The van der Waals surface area contributed by atoms with Crippen LogP contribution in [0.4, 0.5) is 0 Å². The van der Waals surface area contributed by atoms with E-state index in [1.165, 1.54) is 0 Å². The summed E-state index contributed by atoms with van der Waals surface area (Å²) in [5.41, 5.74) is 10.5. The maximum absolute atomic E-state index is 5.27. The molecule has 0 aliphatic rings. The van der Waals surface area contributed by atoms with Crippen LogP contribution in [0, 0.1) is 0 Å². The van der Waals surface area contributed by atoms with Crippen LogP contribution in [-0.2, 0) is 0 Å². The number of nitrogens with one attached hydrogen (secondary N) is 2. The number of hydrogen-bond acceptors (Lipinski definition) is 5. The van der Waals surface area contributed by atoms with E-state index in [1.54, 1.807) is 12.4 Å².